The van der Waals surface area contributed by atoms with Gasteiger partial charge in [-0.05, 0) is 29.8 Å². The van der Waals surface area contributed by atoms with E-state index in [4.69, 9.17) is 21.7 Å². The molecule has 0 aliphatic carbocycles. The summed E-state index contributed by atoms with van der Waals surface area (Å²) in [5.74, 6) is 1.86. The van der Waals surface area contributed by atoms with Gasteiger partial charge in [-0.15, -0.1) is 0 Å². The molecule has 2 aromatic carbocycles. The first-order valence-electron chi connectivity index (χ1n) is 6.92. The van der Waals surface area contributed by atoms with E-state index in [0.717, 1.165) is 11.6 Å². The number of thioether (sulfide) groups is 1. The number of benzene rings is 2. The van der Waals surface area contributed by atoms with Crippen LogP contribution in [0, 0.1) is 0 Å². The number of thiocarbonyl (C=S) groups is 1. The molecule has 0 aromatic heterocycles. The summed E-state index contributed by atoms with van der Waals surface area (Å²) in [4.78, 5) is 0. The highest BCUT2D eigenvalue weighted by molar-refractivity contribution is 8.22. The van der Waals surface area contributed by atoms with Crippen LogP contribution >= 0.6 is 24.0 Å². The molecule has 0 fully saturated rings. The maximum atomic E-state index is 13.0. The monoisotopic (exact) mass is 371 g/mol. The van der Waals surface area contributed by atoms with Gasteiger partial charge in [0.1, 0.15) is 4.32 Å². The van der Waals surface area contributed by atoms with Crippen LogP contribution in [0.1, 0.15) is 11.1 Å². The minimum atomic E-state index is -4.43. The molecule has 0 radical (unpaired) electrons. The molecule has 0 bridgehead atoms. The lowest BCUT2D eigenvalue weighted by Crippen LogP contribution is -2.13. The standard InChI is InChI=1S/C16H12F3NO2S2/c17-16(18,19)11-3-1-2-4-12(11)20-15(23)24-8-10-5-6-13-14(7-10)22-9-21-13/h1-7H,8-9H2,(H,20,23). The van der Waals surface area contributed by atoms with Crippen LogP contribution in [-0.4, -0.2) is 11.1 Å². The lowest BCUT2D eigenvalue weighted by molar-refractivity contribution is -0.136. The van der Waals surface area contributed by atoms with Crippen LogP contribution < -0.4 is 14.8 Å². The zero-order valence-electron chi connectivity index (χ0n) is 12.2. The molecule has 126 valence electrons. The molecule has 24 heavy (non-hydrogen) atoms. The maximum absolute atomic E-state index is 13.0. The molecule has 1 heterocycles. The minimum absolute atomic E-state index is 0.0480. The summed E-state index contributed by atoms with van der Waals surface area (Å²) in [7, 11) is 0. The summed E-state index contributed by atoms with van der Waals surface area (Å²) in [6.45, 7) is 0.195. The van der Waals surface area contributed by atoms with Crippen LogP contribution in [0.15, 0.2) is 42.5 Å². The van der Waals surface area contributed by atoms with Crippen molar-refractivity contribution in [2.24, 2.45) is 0 Å². The van der Waals surface area contributed by atoms with Crippen LogP contribution in [0.3, 0.4) is 0 Å². The Bertz CT molecular complexity index is 765. The Morgan fingerprint density at radius 1 is 1.12 bits per heavy atom. The number of ether oxygens (including phenoxy) is 2. The van der Waals surface area contributed by atoms with E-state index in [1.165, 1.54) is 30.0 Å². The molecule has 1 N–H and O–H groups in total. The fourth-order valence-electron chi connectivity index (χ4n) is 2.16. The van der Waals surface area contributed by atoms with Gasteiger partial charge >= 0.3 is 6.18 Å². The molecule has 0 saturated carbocycles. The van der Waals surface area contributed by atoms with Crippen molar-refractivity contribution < 1.29 is 22.6 Å². The largest absolute Gasteiger partial charge is 0.454 e. The molecule has 0 atom stereocenters. The molecular weight excluding hydrogens is 359 g/mol. The quantitative estimate of drug-likeness (QED) is 0.762. The Labute approximate surface area is 146 Å². The van der Waals surface area contributed by atoms with E-state index in [1.54, 1.807) is 6.07 Å². The normalized spacial score (nSPS) is 13.0. The molecule has 0 unspecified atom stereocenters. The Morgan fingerprint density at radius 3 is 2.67 bits per heavy atom. The summed E-state index contributed by atoms with van der Waals surface area (Å²) >= 11 is 6.39. The van der Waals surface area contributed by atoms with Crippen LogP contribution in [0.5, 0.6) is 11.5 Å². The third kappa shape index (κ3) is 3.93. The molecule has 0 saturated heterocycles. The van der Waals surface area contributed by atoms with Crippen molar-refractivity contribution >= 4 is 34.0 Å². The zero-order valence-corrected chi connectivity index (χ0v) is 13.9. The van der Waals surface area contributed by atoms with E-state index in [-0.39, 0.29) is 16.8 Å². The van der Waals surface area contributed by atoms with Gasteiger partial charge in [0, 0.05) is 5.75 Å². The van der Waals surface area contributed by atoms with Gasteiger partial charge in [-0.2, -0.15) is 13.2 Å². The van der Waals surface area contributed by atoms with Crippen molar-refractivity contribution in [3.8, 4) is 11.5 Å². The summed E-state index contributed by atoms with van der Waals surface area (Å²) < 4.78 is 49.7. The van der Waals surface area contributed by atoms with Gasteiger partial charge in [0.25, 0.3) is 0 Å². The lowest BCUT2D eigenvalue weighted by Gasteiger charge is -2.14. The van der Waals surface area contributed by atoms with Crippen molar-refractivity contribution in [2.45, 2.75) is 11.9 Å². The third-order valence-corrected chi connectivity index (χ3v) is 4.57. The minimum Gasteiger partial charge on any atom is -0.454 e. The predicted molar refractivity (Wildman–Crippen MR) is 91.5 cm³/mol. The van der Waals surface area contributed by atoms with Gasteiger partial charge in [-0.3, -0.25) is 0 Å². The molecule has 2 aromatic rings. The molecule has 3 rings (SSSR count). The Kier molecular flexibility index (Phi) is 4.86. The summed E-state index contributed by atoms with van der Waals surface area (Å²) in [6.07, 6.45) is -4.43. The third-order valence-electron chi connectivity index (χ3n) is 3.28. The second-order valence-corrected chi connectivity index (χ2v) is 6.58. The molecule has 1 aliphatic heterocycles. The lowest BCUT2D eigenvalue weighted by atomic mass is 10.2. The average Bonchev–Trinajstić information content (AvgIpc) is 3.00. The SMILES string of the molecule is FC(F)(F)c1ccccc1NC(=S)SCc1ccc2c(c1)OCO2. The number of nitrogens with one attached hydrogen (secondary N) is 1. The first-order valence-corrected chi connectivity index (χ1v) is 8.31. The smallest absolute Gasteiger partial charge is 0.418 e. The topological polar surface area (TPSA) is 30.5 Å². The van der Waals surface area contributed by atoms with Gasteiger partial charge < -0.3 is 14.8 Å². The van der Waals surface area contributed by atoms with Crippen molar-refractivity contribution in [3.05, 3.63) is 53.6 Å². The van der Waals surface area contributed by atoms with Crippen molar-refractivity contribution in [1.82, 2.24) is 0 Å². The molecule has 0 amide bonds. The van der Waals surface area contributed by atoms with Crippen LogP contribution in [-0.2, 0) is 11.9 Å². The number of rotatable bonds is 3. The summed E-state index contributed by atoms with van der Waals surface area (Å²) in [6, 6.07) is 10.8. The number of alkyl halides is 3. The van der Waals surface area contributed by atoms with E-state index in [9.17, 15) is 13.2 Å². The second kappa shape index (κ2) is 6.90. The van der Waals surface area contributed by atoms with E-state index >= 15 is 0 Å². The number of hydrogen-bond donors (Lipinski definition) is 1. The van der Waals surface area contributed by atoms with Crippen molar-refractivity contribution in [2.75, 3.05) is 12.1 Å². The molecule has 1 aliphatic rings. The van der Waals surface area contributed by atoms with Crippen LogP contribution in [0.4, 0.5) is 18.9 Å². The van der Waals surface area contributed by atoms with E-state index < -0.39 is 11.7 Å². The van der Waals surface area contributed by atoms with Gasteiger partial charge in [-0.25, -0.2) is 0 Å². The summed E-state index contributed by atoms with van der Waals surface area (Å²) in [5.41, 5.74) is 0.154. The van der Waals surface area contributed by atoms with Crippen molar-refractivity contribution in [3.63, 3.8) is 0 Å². The number of para-hydroxylation sites is 1. The van der Waals surface area contributed by atoms with E-state index in [2.05, 4.69) is 5.32 Å². The second-order valence-electron chi connectivity index (χ2n) is 4.93. The first kappa shape index (κ1) is 16.9. The number of halogens is 3. The molecule has 8 heteroatoms. The average molecular weight is 371 g/mol. The van der Waals surface area contributed by atoms with Gasteiger partial charge in [0.15, 0.2) is 11.5 Å². The van der Waals surface area contributed by atoms with Crippen LogP contribution in [0.2, 0.25) is 0 Å². The van der Waals surface area contributed by atoms with Crippen molar-refractivity contribution in [1.29, 1.82) is 0 Å². The molecular formula is C16H12F3NO2S2. The van der Waals surface area contributed by atoms with Gasteiger partial charge in [-0.1, -0.05) is 42.2 Å². The van der Waals surface area contributed by atoms with E-state index in [0.29, 0.717) is 17.3 Å². The summed E-state index contributed by atoms with van der Waals surface area (Å²) in [5, 5.41) is 2.66. The number of hydrogen-bond acceptors (Lipinski definition) is 4. The Hall–Kier alpha value is -1.93. The molecule has 3 nitrogen and oxygen atoms in total. The highest BCUT2D eigenvalue weighted by Crippen LogP contribution is 2.36. The number of fused-ring (bicyclic) bond motifs is 1. The van der Waals surface area contributed by atoms with Gasteiger partial charge in [0.05, 0.1) is 11.3 Å². The first-order chi connectivity index (χ1) is 11.4. The predicted octanol–water partition coefficient (Wildman–Crippen LogP) is 5.06. The molecule has 0 spiro atoms. The fourth-order valence-corrected chi connectivity index (χ4v) is 3.11. The Balaban J connectivity index is 1.63. The van der Waals surface area contributed by atoms with E-state index in [1.807, 2.05) is 12.1 Å². The Morgan fingerprint density at radius 2 is 1.88 bits per heavy atom. The highest BCUT2D eigenvalue weighted by Gasteiger charge is 2.33. The zero-order chi connectivity index (χ0) is 17.2. The van der Waals surface area contributed by atoms with Gasteiger partial charge in [0.2, 0.25) is 6.79 Å². The highest BCUT2D eigenvalue weighted by atomic mass is 32.2. The van der Waals surface area contributed by atoms with Crippen LogP contribution in [0.25, 0.3) is 0 Å². The number of anilines is 1. The fraction of sp³-hybridized carbons (Fsp3) is 0.188. The maximum Gasteiger partial charge on any atom is 0.418 e.